The average molecular weight is 563 g/mol. The number of thiocarbonyl (C=S) groups is 2. The van der Waals surface area contributed by atoms with Crippen LogP contribution < -0.4 is 46.5 Å². The van der Waals surface area contributed by atoms with Crippen LogP contribution in [-0.2, 0) is 19.5 Å². The smallest absolute Gasteiger partial charge is 1.00 e. The fourth-order valence-electron chi connectivity index (χ4n) is 1.37. The molecule has 0 aliphatic heterocycles. The number of carbonyl (C=O) groups excluding carboxylic acids is 2. The number of nitrogens with zero attached hydrogens (tertiary/aromatic N) is 2. The van der Waals surface area contributed by atoms with E-state index in [1.807, 2.05) is 0 Å². The number of rotatable bonds is 2. The molecule has 0 saturated carbocycles. The number of hydrogen-bond acceptors (Lipinski definition) is 6. The van der Waals surface area contributed by atoms with Crippen LogP contribution in [0.15, 0.2) is 49.1 Å². The zero-order chi connectivity index (χ0) is 19.4. The van der Waals surface area contributed by atoms with Crippen molar-refractivity contribution in [1.82, 2.24) is 31.7 Å². The summed E-state index contributed by atoms with van der Waals surface area (Å²) >= 11 is 16.7. The Morgan fingerprint density at radius 3 is 1.21 bits per heavy atom. The maximum Gasteiger partial charge on any atom is 2.00 e. The summed E-state index contributed by atoms with van der Waals surface area (Å²) in [6.45, 7) is 0. The van der Waals surface area contributed by atoms with Gasteiger partial charge in [-0.1, -0.05) is 24.4 Å². The molecule has 2 amide bonds. The van der Waals surface area contributed by atoms with Crippen molar-refractivity contribution in [3.05, 3.63) is 60.2 Å². The van der Waals surface area contributed by atoms with Crippen molar-refractivity contribution >= 4 is 70.1 Å². The van der Waals surface area contributed by atoms with E-state index in [-0.39, 0.29) is 64.7 Å². The van der Waals surface area contributed by atoms with E-state index >= 15 is 0 Å². The van der Waals surface area contributed by atoms with Gasteiger partial charge in [0.05, 0.1) is 0 Å². The van der Waals surface area contributed by atoms with Crippen LogP contribution in [-0.4, -0.2) is 30.4 Å². The quantitative estimate of drug-likeness (QED) is 0.0936. The van der Waals surface area contributed by atoms with Gasteiger partial charge in [-0.25, -0.2) is 0 Å². The number of pyridine rings is 2. The first kappa shape index (κ1) is 32.6. The first-order valence-corrected chi connectivity index (χ1v) is 8.50. The Morgan fingerprint density at radius 2 is 0.966 bits per heavy atom. The van der Waals surface area contributed by atoms with Gasteiger partial charge in [-0.05, 0) is 24.3 Å². The second-order valence-corrected chi connectivity index (χ2v) is 6.56. The summed E-state index contributed by atoms with van der Waals surface area (Å²) in [4.78, 5) is 30.1. The van der Waals surface area contributed by atoms with E-state index in [4.69, 9.17) is 0 Å². The molecule has 0 saturated heterocycles. The van der Waals surface area contributed by atoms with Gasteiger partial charge in [-0.2, -0.15) is 0 Å². The van der Waals surface area contributed by atoms with Gasteiger partial charge in [-0.3, -0.25) is 41.3 Å². The van der Waals surface area contributed by atoms with Gasteiger partial charge < -0.3 is 24.8 Å². The van der Waals surface area contributed by atoms with E-state index in [9.17, 15) is 9.59 Å². The van der Waals surface area contributed by atoms with Crippen LogP contribution >= 0.6 is 49.7 Å². The molecule has 8 nitrogen and oxygen atoms in total. The summed E-state index contributed by atoms with van der Waals surface area (Å²) in [5.74, 6) is -0.558. The fourth-order valence-corrected chi connectivity index (χ4v) is 1.59. The number of halogens is 2. The van der Waals surface area contributed by atoms with E-state index in [1.54, 1.807) is 24.3 Å². The van der Waals surface area contributed by atoms with Crippen molar-refractivity contribution in [3.8, 4) is 0 Å². The van der Waals surface area contributed by atoms with Gasteiger partial charge >= 0.3 is 19.5 Å². The SMILES string of the molecule is O=C(NNC(=S)S)c1ccncc1.O=C(NNC(=S)S)c1ccncc1.[Cl-].[Cl-].[Zn+2]. The molecule has 2 heterocycles. The minimum absolute atomic E-state index is 0. The number of hydrazine groups is 2. The molecular weight excluding hydrogens is 549 g/mol. The molecule has 29 heavy (non-hydrogen) atoms. The van der Waals surface area contributed by atoms with E-state index in [0.29, 0.717) is 11.1 Å². The number of amides is 2. The van der Waals surface area contributed by atoms with Gasteiger partial charge in [0.1, 0.15) is 8.64 Å². The van der Waals surface area contributed by atoms with E-state index in [2.05, 4.69) is 81.4 Å². The molecule has 2 rings (SSSR count). The van der Waals surface area contributed by atoms with Gasteiger partial charge in [-0.15, -0.1) is 25.3 Å². The van der Waals surface area contributed by atoms with Crippen molar-refractivity contribution in [2.24, 2.45) is 0 Å². The Hall–Kier alpha value is -1.08. The Labute approximate surface area is 214 Å². The Balaban J connectivity index is -0.000000422. The van der Waals surface area contributed by atoms with Crippen LogP contribution in [0.25, 0.3) is 0 Å². The maximum atomic E-state index is 11.3. The molecule has 0 aromatic carbocycles. The van der Waals surface area contributed by atoms with Crippen LogP contribution in [0.2, 0.25) is 0 Å². The predicted molar refractivity (Wildman–Crippen MR) is 113 cm³/mol. The predicted octanol–water partition coefficient (Wildman–Crippen LogP) is -4.93. The van der Waals surface area contributed by atoms with E-state index in [0.717, 1.165) is 0 Å². The van der Waals surface area contributed by atoms with Crippen LogP contribution in [0.5, 0.6) is 0 Å². The zero-order valence-corrected chi connectivity index (χ0v) is 22.4. The zero-order valence-electron chi connectivity index (χ0n) is 14.5. The van der Waals surface area contributed by atoms with Gasteiger partial charge in [0.25, 0.3) is 11.8 Å². The average Bonchev–Trinajstić information content (AvgIpc) is 2.66. The molecule has 15 heteroatoms. The maximum absolute atomic E-state index is 11.3. The van der Waals surface area contributed by atoms with Crippen molar-refractivity contribution < 1.29 is 53.9 Å². The van der Waals surface area contributed by atoms with Gasteiger partial charge in [0, 0.05) is 35.9 Å². The summed E-state index contributed by atoms with van der Waals surface area (Å²) in [7, 11) is 0. The largest absolute Gasteiger partial charge is 2.00 e. The van der Waals surface area contributed by atoms with Crippen LogP contribution in [0, 0.1) is 0 Å². The van der Waals surface area contributed by atoms with Gasteiger partial charge in [0.15, 0.2) is 0 Å². The van der Waals surface area contributed by atoms with Crippen LogP contribution in [0.3, 0.4) is 0 Å². The molecule has 152 valence electrons. The summed E-state index contributed by atoms with van der Waals surface area (Å²) < 4.78 is 0.421. The number of thiol groups is 2. The van der Waals surface area contributed by atoms with Crippen molar-refractivity contribution in [2.75, 3.05) is 0 Å². The molecule has 2 aromatic heterocycles. The summed E-state index contributed by atoms with van der Waals surface area (Å²) in [5, 5.41) is 0. The molecule has 0 unspecified atom stereocenters. The molecule has 0 fully saturated rings. The Bertz CT molecular complexity index is 712. The molecule has 0 spiro atoms. The molecule has 0 atom stereocenters. The summed E-state index contributed by atoms with van der Waals surface area (Å²) in [5.41, 5.74) is 10.6. The normalized spacial score (nSPS) is 8.07. The molecule has 4 N–H and O–H groups in total. The molecule has 2 aromatic rings. The third-order valence-corrected chi connectivity index (χ3v) is 2.88. The minimum Gasteiger partial charge on any atom is -1.00 e. The Morgan fingerprint density at radius 1 is 0.690 bits per heavy atom. The molecule has 0 aliphatic rings. The molecule has 0 bridgehead atoms. The third-order valence-electron chi connectivity index (χ3n) is 2.45. The molecule has 0 radical (unpaired) electrons. The third kappa shape index (κ3) is 15.4. The van der Waals surface area contributed by atoms with Crippen molar-refractivity contribution in [2.45, 2.75) is 0 Å². The first-order chi connectivity index (χ1) is 12.4. The van der Waals surface area contributed by atoms with Crippen LogP contribution in [0.1, 0.15) is 20.7 Å². The summed E-state index contributed by atoms with van der Waals surface area (Å²) in [6.07, 6.45) is 6.14. The fraction of sp³-hybridized carbons (Fsp3) is 0. The number of carbonyl (C=O) groups is 2. The second-order valence-electron chi connectivity index (χ2n) is 4.24. The number of aromatic nitrogens is 2. The van der Waals surface area contributed by atoms with E-state index < -0.39 is 0 Å². The van der Waals surface area contributed by atoms with E-state index in [1.165, 1.54) is 24.8 Å². The minimum atomic E-state index is -0.279. The summed E-state index contributed by atoms with van der Waals surface area (Å²) in [6, 6.07) is 6.38. The first-order valence-electron chi connectivity index (χ1n) is 6.78. The van der Waals surface area contributed by atoms with Crippen molar-refractivity contribution in [1.29, 1.82) is 0 Å². The topological polar surface area (TPSA) is 108 Å². The molecular formula is C14H14Cl2N6O2S4Zn. The van der Waals surface area contributed by atoms with Crippen molar-refractivity contribution in [3.63, 3.8) is 0 Å². The second kappa shape index (κ2) is 18.9. The van der Waals surface area contributed by atoms with Gasteiger partial charge in [0.2, 0.25) is 0 Å². The Kier molecular flexibility index (Phi) is 21.3. The molecule has 0 aliphatic carbocycles. The number of hydrogen-bond donors (Lipinski definition) is 6. The van der Waals surface area contributed by atoms with Crippen LogP contribution in [0.4, 0.5) is 0 Å². The standard InChI is InChI=1S/2C7H7N3OS2.2ClH.Zn/c2*11-6(9-10-7(12)13)5-1-3-8-4-2-5;;;/h2*1-4H,(H,9,11)(H2,10,12,13);2*1H;/q;;;;+2/p-2. The number of nitrogens with one attached hydrogen (secondary N) is 4. The monoisotopic (exact) mass is 560 g/mol.